The minimum absolute atomic E-state index is 0.320. The van der Waals surface area contributed by atoms with Crippen LogP contribution in [0.1, 0.15) is 12.6 Å². The number of halogens is 1. The second-order valence-electron chi connectivity index (χ2n) is 6.59. The van der Waals surface area contributed by atoms with E-state index >= 15 is 0 Å². The Morgan fingerprint density at radius 3 is 2.36 bits per heavy atom. The maximum atomic E-state index is 14.6. The van der Waals surface area contributed by atoms with E-state index < -0.39 is 0 Å². The van der Waals surface area contributed by atoms with Crippen LogP contribution in [0.3, 0.4) is 0 Å². The van der Waals surface area contributed by atoms with E-state index in [0.29, 0.717) is 57.3 Å². The fourth-order valence-electron chi connectivity index (χ4n) is 3.45. The Kier molecular flexibility index (Phi) is 5.29. The molecule has 3 aromatic heterocycles. The summed E-state index contributed by atoms with van der Waals surface area (Å²) in [6.45, 7) is 5.85. The highest BCUT2D eigenvalue weighted by Crippen LogP contribution is 2.25. The van der Waals surface area contributed by atoms with Crippen LogP contribution in [0.4, 0.5) is 16.0 Å². The first-order valence-corrected chi connectivity index (χ1v) is 9.37. The number of piperazine rings is 1. The van der Waals surface area contributed by atoms with E-state index in [1.165, 1.54) is 6.33 Å². The van der Waals surface area contributed by atoms with Crippen LogP contribution in [-0.2, 0) is 17.7 Å². The lowest BCUT2D eigenvalue weighted by Crippen LogP contribution is -2.47. The third-order valence-corrected chi connectivity index (χ3v) is 4.98. The van der Waals surface area contributed by atoms with Crippen molar-refractivity contribution in [3.63, 3.8) is 0 Å². The maximum absolute atomic E-state index is 14.6. The zero-order valence-corrected chi connectivity index (χ0v) is 16.0. The van der Waals surface area contributed by atoms with Gasteiger partial charge in [-0.25, -0.2) is 29.3 Å². The Morgan fingerprint density at radius 2 is 1.64 bits per heavy atom. The van der Waals surface area contributed by atoms with E-state index in [1.54, 1.807) is 19.8 Å². The first-order valence-electron chi connectivity index (χ1n) is 9.37. The van der Waals surface area contributed by atoms with E-state index in [9.17, 15) is 4.39 Å². The fraction of sp³-hybridized carbons (Fsp3) is 0.500. The first kappa shape index (κ1) is 18.5. The third kappa shape index (κ3) is 3.35. The van der Waals surface area contributed by atoms with Crippen LogP contribution in [0.25, 0.3) is 11.2 Å². The molecule has 1 saturated heterocycles. The Hall–Kier alpha value is -2.88. The number of fused-ring (bicyclic) bond motifs is 1. The zero-order chi connectivity index (χ0) is 19.5. The summed E-state index contributed by atoms with van der Waals surface area (Å²) < 4.78 is 21.7. The molecule has 1 fully saturated rings. The van der Waals surface area contributed by atoms with Crippen molar-refractivity contribution in [1.82, 2.24) is 29.5 Å². The summed E-state index contributed by atoms with van der Waals surface area (Å²) in [4.78, 5) is 25.6. The molecule has 1 aliphatic heterocycles. The van der Waals surface area contributed by atoms with Crippen LogP contribution in [0, 0.1) is 5.82 Å². The van der Waals surface area contributed by atoms with Crippen LogP contribution in [0.5, 0.6) is 0 Å². The number of aromatic nitrogens is 6. The summed E-state index contributed by atoms with van der Waals surface area (Å²) in [6, 6.07) is 0. The van der Waals surface area contributed by atoms with Gasteiger partial charge >= 0.3 is 0 Å². The standard InChI is InChI=1S/C18H23FN8O/c1-3-13-14(19)16(21-10-20-13)25-4-6-26(7-5-25)17-15-18(23-11-22-17)27(12-24-15)8-9-28-2/h10-12H,3-9H2,1-2H3. The van der Waals surface area contributed by atoms with Crippen LogP contribution in [0.15, 0.2) is 19.0 Å². The van der Waals surface area contributed by atoms with Gasteiger partial charge in [-0.15, -0.1) is 0 Å². The van der Waals surface area contributed by atoms with Gasteiger partial charge in [-0.05, 0) is 6.42 Å². The molecule has 28 heavy (non-hydrogen) atoms. The number of imidazole rings is 1. The number of anilines is 2. The average Bonchev–Trinajstić information content (AvgIpc) is 3.16. The van der Waals surface area contributed by atoms with Gasteiger partial charge in [-0.2, -0.15) is 0 Å². The molecule has 4 rings (SSSR count). The zero-order valence-electron chi connectivity index (χ0n) is 16.0. The monoisotopic (exact) mass is 386 g/mol. The minimum Gasteiger partial charge on any atom is -0.383 e. The summed E-state index contributed by atoms with van der Waals surface area (Å²) in [5.41, 5.74) is 2.01. The Labute approximate surface area is 162 Å². The number of nitrogens with zero attached hydrogens (tertiary/aromatic N) is 8. The quantitative estimate of drug-likeness (QED) is 0.627. The van der Waals surface area contributed by atoms with Gasteiger partial charge in [-0.1, -0.05) is 6.92 Å². The van der Waals surface area contributed by atoms with Crippen LogP contribution < -0.4 is 9.80 Å². The molecule has 0 N–H and O–H groups in total. The highest BCUT2D eigenvalue weighted by molar-refractivity contribution is 5.83. The van der Waals surface area contributed by atoms with Crippen LogP contribution in [0.2, 0.25) is 0 Å². The van der Waals surface area contributed by atoms with Crippen molar-refractivity contribution < 1.29 is 9.13 Å². The molecular formula is C18H23FN8O. The molecule has 0 unspecified atom stereocenters. The smallest absolute Gasteiger partial charge is 0.187 e. The highest BCUT2D eigenvalue weighted by atomic mass is 19.1. The number of ether oxygens (including phenoxy) is 1. The molecule has 148 valence electrons. The van der Waals surface area contributed by atoms with E-state index in [0.717, 1.165) is 17.0 Å². The van der Waals surface area contributed by atoms with Gasteiger partial charge in [0.05, 0.1) is 18.6 Å². The third-order valence-electron chi connectivity index (χ3n) is 4.98. The molecule has 3 aromatic rings. The minimum atomic E-state index is -0.320. The molecule has 0 aromatic carbocycles. The lowest BCUT2D eigenvalue weighted by Gasteiger charge is -2.36. The SMILES string of the molecule is CCc1ncnc(N2CCN(c3ncnc4c3ncn4CCOC)CC2)c1F. The lowest BCUT2D eigenvalue weighted by molar-refractivity contribution is 0.188. The second kappa shape index (κ2) is 8.01. The Morgan fingerprint density at radius 1 is 0.964 bits per heavy atom. The maximum Gasteiger partial charge on any atom is 0.187 e. The van der Waals surface area contributed by atoms with Crippen LogP contribution >= 0.6 is 0 Å². The van der Waals surface area contributed by atoms with Crippen molar-refractivity contribution in [3.8, 4) is 0 Å². The van der Waals surface area contributed by atoms with E-state index in [1.807, 2.05) is 16.4 Å². The molecular weight excluding hydrogens is 363 g/mol. The predicted octanol–water partition coefficient (Wildman–Crippen LogP) is 1.29. The largest absolute Gasteiger partial charge is 0.383 e. The molecule has 0 atom stereocenters. The van der Waals surface area contributed by atoms with E-state index in [-0.39, 0.29) is 5.82 Å². The van der Waals surface area contributed by atoms with Crippen LogP contribution in [-0.4, -0.2) is 69.4 Å². The van der Waals surface area contributed by atoms with Gasteiger partial charge in [0.15, 0.2) is 28.6 Å². The summed E-state index contributed by atoms with van der Waals surface area (Å²) in [5.74, 6) is 0.862. The molecule has 9 nitrogen and oxygen atoms in total. The Balaban J connectivity index is 1.52. The van der Waals surface area contributed by atoms with Gasteiger partial charge in [0.2, 0.25) is 0 Å². The van der Waals surface area contributed by atoms with E-state index in [4.69, 9.17) is 4.74 Å². The van der Waals surface area contributed by atoms with Crippen molar-refractivity contribution in [1.29, 1.82) is 0 Å². The van der Waals surface area contributed by atoms with Crippen molar-refractivity contribution in [2.75, 3.05) is 49.7 Å². The summed E-state index contributed by atoms with van der Waals surface area (Å²) in [5, 5.41) is 0. The topological polar surface area (TPSA) is 85.1 Å². The first-order chi connectivity index (χ1) is 13.7. The van der Waals surface area contributed by atoms with Crippen molar-refractivity contribution >= 4 is 22.8 Å². The Bertz CT molecular complexity index is 954. The molecule has 0 spiro atoms. The van der Waals surface area contributed by atoms with E-state index in [2.05, 4.69) is 29.8 Å². The fourth-order valence-corrected chi connectivity index (χ4v) is 3.45. The van der Waals surface area contributed by atoms with Gasteiger partial charge in [0.25, 0.3) is 0 Å². The van der Waals surface area contributed by atoms with Crippen molar-refractivity contribution in [2.45, 2.75) is 19.9 Å². The summed E-state index contributed by atoms with van der Waals surface area (Å²) in [6.07, 6.45) is 5.31. The molecule has 0 bridgehead atoms. The number of methoxy groups -OCH3 is 1. The molecule has 0 amide bonds. The number of rotatable bonds is 6. The normalized spacial score (nSPS) is 14.8. The molecule has 10 heteroatoms. The van der Waals surface area contributed by atoms with Gasteiger partial charge in [0.1, 0.15) is 12.7 Å². The molecule has 1 aliphatic rings. The molecule has 0 aliphatic carbocycles. The van der Waals surface area contributed by atoms with Crippen molar-refractivity contribution in [2.24, 2.45) is 0 Å². The van der Waals surface area contributed by atoms with Gasteiger partial charge < -0.3 is 19.1 Å². The second-order valence-corrected chi connectivity index (χ2v) is 6.59. The number of hydrogen-bond acceptors (Lipinski definition) is 8. The molecule has 0 saturated carbocycles. The molecule has 0 radical (unpaired) electrons. The average molecular weight is 386 g/mol. The van der Waals surface area contributed by atoms with Gasteiger partial charge in [0, 0.05) is 39.8 Å². The van der Waals surface area contributed by atoms with Crippen molar-refractivity contribution in [3.05, 3.63) is 30.5 Å². The lowest BCUT2D eigenvalue weighted by atomic mass is 10.2. The summed E-state index contributed by atoms with van der Waals surface area (Å²) >= 11 is 0. The number of hydrogen-bond donors (Lipinski definition) is 0. The van der Waals surface area contributed by atoms with Gasteiger partial charge in [-0.3, -0.25) is 0 Å². The summed E-state index contributed by atoms with van der Waals surface area (Å²) in [7, 11) is 1.67. The number of aryl methyl sites for hydroxylation is 1. The predicted molar refractivity (Wildman–Crippen MR) is 103 cm³/mol. The highest BCUT2D eigenvalue weighted by Gasteiger charge is 2.24. The molecule has 4 heterocycles.